The van der Waals surface area contributed by atoms with Gasteiger partial charge in [0.25, 0.3) is 0 Å². The molecule has 9 heavy (non-hydrogen) atoms. The highest BCUT2D eigenvalue weighted by Crippen LogP contribution is 2.19. The highest BCUT2D eigenvalue weighted by molar-refractivity contribution is 5.79. The van der Waals surface area contributed by atoms with E-state index in [0.29, 0.717) is 12.3 Å². The average molecular weight is 124 g/mol. The first-order valence-electron chi connectivity index (χ1n) is 2.59. The number of H-pyrrole nitrogens is 1. The number of rotatable bonds is 0. The smallest absolute Gasteiger partial charge is 0.318 e. The summed E-state index contributed by atoms with van der Waals surface area (Å²) in [6, 6.07) is 0. The number of hydrogen-bond donors (Lipinski definition) is 1. The number of carbonyl (C=O) groups is 1. The van der Waals surface area contributed by atoms with Crippen LogP contribution in [0.5, 0.6) is 5.88 Å². The van der Waals surface area contributed by atoms with Crippen LogP contribution in [0.3, 0.4) is 0 Å². The Morgan fingerprint density at radius 2 is 2.67 bits per heavy atom. The number of imidazole rings is 1. The lowest BCUT2D eigenvalue weighted by Gasteiger charge is -1.83. The maximum absolute atomic E-state index is 10.5. The van der Waals surface area contributed by atoms with Crippen LogP contribution in [0.2, 0.25) is 0 Å². The molecule has 4 heteroatoms. The Balaban J connectivity index is 2.49. The summed E-state index contributed by atoms with van der Waals surface area (Å²) in [5, 5.41) is 0. The van der Waals surface area contributed by atoms with Gasteiger partial charge in [-0.05, 0) is 0 Å². The lowest BCUT2D eigenvalue weighted by atomic mass is 10.4. The van der Waals surface area contributed by atoms with Crippen molar-refractivity contribution in [3.63, 3.8) is 0 Å². The molecule has 46 valence electrons. The fourth-order valence-corrected chi connectivity index (χ4v) is 0.811. The summed E-state index contributed by atoms with van der Waals surface area (Å²) in [5.41, 5.74) is 0.778. The molecule has 0 fully saturated rings. The van der Waals surface area contributed by atoms with Crippen LogP contribution in [0.25, 0.3) is 0 Å². The lowest BCUT2D eigenvalue weighted by Crippen LogP contribution is -2.01. The molecule has 0 bridgehead atoms. The van der Waals surface area contributed by atoms with Gasteiger partial charge >= 0.3 is 5.97 Å². The summed E-state index contributed by atoms with van der Waals surface area (Å²) in [6.45, 7) is 0. The number of hydrogen-bond acceptors (Lipinski definition) is 3. The molecule has 0 saturated heterocycles. The van der Waals surface area contributed by atoms with E-state index < -0.39 is 0 Å². The third-order valence-corrected chi connectivity index (χ3v) is 1.21. The van der Waals surface area contributed by atoms with E-state index in [4.69, 9.17) is 0 Å². The molecule has 0 spiro atoms. The zero-order valence-electron chi connectivity index (χ0n) is 4.55. The Labute approximate surface area is 50.9 Å². The first-order chi connectivity index (χ1) is 4.36. The molecule has 0 atom stereocenters. The molecule has 0 aliphatic carbocycles. The monoisotopic (exact) mass is 124 g/mol. The molecule has 0 unspecified atom stereocenters. The summed E-state index contributed by atoms with van der Waals surface area (Å²) >= 11 is 0. The Morgan fingerprint density at radius 1 is 1.78 bits per heavy atom. The number of nitrogens with zero attached hydrogens (tertiary/aromatic N) is 1. The number of nitrogens with one attached hydrogen (secondary N) is 1. The molecule has 1 aromatic heterocycles. The number of fused-ring (bicyclic) bond motifs is 1. The first kappa shape index (κ1) is 4.55. The van der Waals surface area contributed by atoms with Crippen molar-refractivity contribution in [3.05, 3.63) is 12.0 Å². The van der Waals surface area contributed by atoms with Gasteiger partial charge in [-0.1, -0.05) is 0 Å². The zero-order chi connectivity index (χ0) is 6.27. The van der Waals surface area contributed by atoms with Crippen LogP contribution in [0.1, 0.15) is 5.69 Å². The van der Waals surface area contributed by atoms with E-state index in [1.807, 2.05) is 0 Å². The van der Waals surface area contributed by atoms with E-state index in [9.17, 15) is 4.79 Å². The molecule has 0 saturated carbocycles. The molecular formula is C5H4N2O2. The number of carbonyl (C=O) groups excluding carboxylic acids is 1. The highest BCUT2D eigenvalue weighted by atomic mass is 16.5. The topological polar surface area (TPSA) is 55.0 Å². The SMILES string of the molecule is O=C1Cc2[nH]cnc2O1. The van der Waals surface area contributed by atoms with Crippen LogP contribution in [-0.2, 0) is 11.2 Å². The molecule has 1 aliphatic rings. The molecule has 1 aromatic rings. The predicted molar refractivity (Wildman–Crippen MR) is 27.9 cm³/mol. The second-order valence-electron chi connectivity index (χ2n) is 1.84. The molecular weight excluding hydrogens is 120 g/mol. The summed E-state index contributed by atoms with van der Waals surface area (Å²) in [7, 11) is 0. The average Bonchev–Trinajstić information content (AvgIpc) is 2.22. The first-order valence-corrected chi connectivity index (χ1v) is 2.59. The second-order valence-corrected chi connectivity index (χ2v) is 1.84. The second kappa shape index (κ2) is 1.34. The molecule has 0 aromatic carbocycles. The van der Waals surface area contributed by atoms with Crippen molar-refractivity contribution in [2.24, 2.45) is 0 Å². The van der Waals surface area contributed by atoms with Crippen molar-refractivity contribution in [1.82, 2.24) is 9.97 Å². The van der Waals surface area contributed by atoms with E-state index in [2.05, 4.69) is 14.7 Å². The standard InChI is InChI=1S/C5H4N2O2/c8-4-1-3-5(9-4)7-2-6-3/h2H,1H2,(H,6,7). The minimum absolute atomic E-state index is 0.232. The van der Waals surface area contributed by atoms with Gasteiger partial charge < -0.3 is 9.72 Å². The van der Waals surface area contributed by atoms with Gasteiger partial charge in [-0.3, -0.25) is 4.79 Å². The number of esters is 1. The van der Waals surface area contributed by atoms with E-state index in [0.717, 1.165) is 5.69 Å². The largest absolute Gasteiger partial charge is 0.405 e. The summed E-state index contributed by atoms with van der Waals surface area (Å²) < 4.78 is 4.67. The Bertz CT molecular complexity index is 231. The number of ether oxygens (including phenoxy) is 1. The van der Waals surface area contributed by atoms with E-state index >= 15 is 0 Å². The maximum atomic E-state index is 10.5. The molecule has 2 heterocycles. The highest BCUT2D eigenvalue weighted by Gasteiger charge is 2.21. The quantitative estimate of drug-likeness (QED) is 0.490. The van der Waals surface area contributed by atoms with Gasteiger partial charge in [0, 0.05) is 0 Å². The summed E-state index contributed by atoms with van der Waals surface area (Å²) in [6.07, 6.45) is 1.84. The minimum Gasteiger partial charge on any atom is -0.405 e. The number of aromatic nitrogens is 2. The lowest BCUT2D eigenvalue weighted by molar-refractivity contribution is -0.132. The molecule has 4 nitrogen and oxygen atoms in total. The van der Waals surface area contributed by atoms with Crippen LogP contribution in [0.4, 0.5) is 0 Å². The third kappa shape index (κ3) is 0.526. The summed E-state index contributed by atoms with van der Waals surface area (Å²) in [4.78, 5) is 17.0. The van der Waals surface area contributed by atoms with Crippen LogP contribution >= 0.6 is 0 Å². The minimum atomic E-state index is -0.232. The van der Waals surface area contributed by atoms with Crippen LogP contribution < -0.4 is 4.74 Å². The predicted octanol–water partition coefficient (Wildman–Crippen LogP) is -0.129. The van der Waals surface area contributed by atoms with Crippen LogP contribution in [0, 0.1) is 0 Å². The van der Waals surface area contributed by atoms with E-state index in [1.165, 1.54) is 6.33 Å². The van der Waals surface area contributed by atoms with E-state index in [-0.39, 0.29) is 5.97 Å². The molecule has 0 amide bonds. The summed E-state index contributed by atoms with van der Waals surface area (Å²) in [5.74, 6) is 0.198. The van der Waals surface area contributed by atoms with Gasteiger partial charge in [0.2, 0.25) is 5.88 Å². The normalized spacial score (nSPS) is 15.3. The maximum Gasteiger partial charge on any atom is 0.318 e. The molecule has 1 aliphatic heterocycles. The Morgan fingerprint density at radius 3 is 3.44 bits per heavy atom. The zero-order valence-corrected chi connectivity index (χ0v) is 4.55. The van der Waals surface area contributed by atoms with Crippen molar-refractivity contribution in [1.29, 1.82) is 0 Å². The van der Waals surface area contributed by atoms with E-state index in [1.54, 1.807) is 0 Å². The molecule has 1 N–H and O–H groups in total. The van der Waals surface area contributed by atoms with Gasteiger partial charge in [0.15, 0.2) is 0 Å². The van der Waals surface area contributed by atoms with Gasteiger partial charge in [-0.15, -0.1) is 0 Å². The Hall–Kier alpha value is -1.32. The van der Waals surface area contributed by atoms with Crippen molar-refractivity contribution < 1.29 is 9.53 Å². The molecule has 2 rings (SSSR count). The fourth-order valence-electron chi connectivity index (χ4n) is 0.811. The van der Waals surface area contributed by atoms with Crippen molar-refractivity contribution in [3.8, 4) is 5.88 Å². The van der Waals surface area contributed by atoms with Crippen molar-refractivity contribution >= 4 is 5.97 Å². The van der Waals surface area contributed by atoms with Gasteiger partial charge in [-0.25, -0.2) is 4.98 Å². The van der Waals surface area contributed by atoms with Gasteiger partial charge in [-0.2, -0.15) is 0 Å². The van der Waals surface area contributed by atoms with Crippen LogP contribution in [-0.4, -0.2) is 15.9 Å². The fraction of sp³-hybridized carbons (Fsp3) is 0.200. The Kier molecular flexibility index (Phi) is 0.677. The molecule has 0 radical (unpaired) electrons. The van der Waals surface area contributed by atoms with Crippen molar-refractivity contribution in [2.45, 2.75) is 6.42 Å². The number of aromatic amines is 1. The third-order valence-electron chi connectivity index (χ3n) is 1.21. The van der Waals surface area contributed by atoms with Crippen LogP contribution in [0.15, 0.2) is 6.33 Å². The van der Waals surface area contributed by atoms with Crippen molar-refractivity contribution in [2.75, 3.05) is 0 Å². The van der Waals surface area contributed by atoms with Gasteiger partial charge in [0.05, 0.1) is 18.4 Å². The van der Waals surface area contributed by atoms with Gasteiger partial charge in [0.1, 0.15) is 0 Å².